The van der Waals surface area contributed by atoms with Crippen LogP contribution >= 0.6 is 11.8 Å². The van der Waals surface area contributed by atoms with Gasteiger partial charge in [-0.3, -0.25) is 0 Å². The van der Waals surface area contributed by atoms with E-state index < -0.39 is 9.84 Å². The van der Waals surface area contributed by atoms with E-state index in [1.165, 1.54) is 31.9 Å². The van der Waals surface area contributed by atoms with Gasteiger partial charge in [0.2, 0.25) is 0 Å². The Balaban J connectivity index is 2.09. The van der Waals surface area contributed by atoms with E-state index in [0.29, 0.717) is 5.75 Å². The summed E-state index contributed by atoms with van der Waals surface area (Å²) in [5.74, 6) is 1.12. The molecule has 0 saturated heterocycles. The Morgan fingerprint density at radius 2 is 1.92 bits per heavy atom. The number of rotatable bonds is 4. The van der Waals surface area contributed by atoms with Crippen LogP contribution < -0.4 is 0 Å². The summed E-state index contributed by atoms with van der Waals surface area (Å²) >= 11 is 1.83. The van der Waals surface area contributed by atoms with Crippen LogP contribution in [-0.2, 0) is 9.84 Å². The Kier molecular flexibility index (Phi) is 3.90. The van der Waals surface area contributed by atoms with Gasteiger partial charge in [-0.25, -0.2) is 8.42 Å². The summed E-state index contributed by atoms with van der Waals surface area (Å²) in [5, 5.41) is 0.742. The minimum atomic E-state index is -2.74. The van der Waals surface area contributed by atoms with Crippen molar-refractivity contribution in [3.63, 3.8) is 0 Å². The fraction of sp³-hybridized carbons (Fsp3) is 1.00. The van der Waals surface area contributed by atoms with Gasteiger partial charge >= 0.3 is 0 Å². The highest BCUT2D eigenvalue weighted by atomic mass is 32.2. The first-order valence-corrected chi connectivity index (χ1v) is 7.48. The van der Waals surface area contributed by atoms with Crippen molar-refractivity contribution in [2.75, 3.05) is 17.8 Å². The predicted molar refractivity (Wildman–Crippen MR) is 54.4 cm³/mol. The zero-order valence-corrected chi connectivity index (χ0v) is 9.09. The third-order valence-corrected chi connectivity index (χ3v) is 4.70. The molecule has 2 nitrogen and oxygen atoms in total. The summed E-state index contributed by atoms with van der Waals surface area (Å²) in [6, 6.07) is 0. The van der Waals surface area contributed by atoms with E-state index in [1.54, 1.807) is 0 Å². The predicted octanol–water partition coefficient (Wildman–Crippen LogP) is 1.71. The highest BCUT2D eigenvalue weighted by Gasteiger charge is 2.15. The molecule has 0 aliphatic heterocycles. The van der Waals surface area contributed by atoms with Crippen molar-refractivity contribution in [1.29, 1.82) is 0 Å². The van der Waals surface area contributed by atoms with Crippen LogP contribution in [0, 0.1) is 0 Å². The maximum Gasteiger partial charge on any atom is 0.148 e. The van der Waals surface area contributed by atoms with Crippen molar-refractivity contribution < 1.29 is 8.42 Å². The number of thioether (sulfide) groups is 1. The summed E-state index contributed by atoms with van der Waals surface area (Å²) in [6.45, 7) is 0. The van der Waals surface area contributed by atoms with Crippen molar-refractivity contribution in [2.24, 2.45) is 0 Å². The standard InChI is InChI=1S/C8H16O2S2/c1-12(9,10)7-6-11-8-4-2-3-5-8/h8H,2-7H2,1H3. The topological polar surface area (TPSA) is 34.1 Å². The lowest BCUT2D eigenvalue weighted by Gasteiger charge is -2.06. The smallest absolute Gasteiger partial charge is 0.148 e. The Morgan fingerprint density at radius 3 is 2.42 bits per heavy atom. The second-order valence-electron chi connectivity index (χ2n) is 3.41. The molecule has 0 aromatic heterocycles. The van der Waals surface area contributed by atoms with Crippen LogP contribution in [0.1, 0.15) is 25.7 Å². The molecule has 0 amide bonds. The maximum atomic E-state index is 10.8. The van der Waals surface area contributed by atoms with Crippen LogP contribution in [0.3, 0.4) is 0 Å². The van der Waals surface area contributed by atoms with E-state index in [0.717, 1.165) is 11.0 Å². The van der Waals surface area contributed by atoms with Crippen LogP contribution in [0.25, 0.3) is 0 Å². The van der Waals surface area contributed by atoms with Crippen molar-refractivity contribution >= 4 is 21.6 Å². The van der Waals surface area contributed by atoms with Gasteiger partial charge in [-0.2, -0.15) is 11.8 Å². The highest BCUT2D eigenvalue weighted by Crippen LogP contribution is 2.29. The van der Waals surface area contributed by atoms with Crippen molar-refractivity contribution in [3.05, 3.63) is 0 Å². The first kappa shape index (κ1) is 10.4. The SMILES string of the molecule is CS(=O)(=O)CCSC1CCCC1. The molecular weight excluding hydrogens is 192 g/mol. The van der Waals surface area contributed by atoms with Crippen LogP contribution in [0.2, 0.25) is 0 Å². The summed E-state index contributed by atoms with van der Waals surface area (Å²) < 4.78 is 21.6. The fourth-order valence-corrected chi connectivity index (χ4v) is 4.02. The Bertz CT molecular complexity index is 215. The van der Waals surface area contributed by atoms with Crippen molar-refractivity contribution in [2.45, 2.75) is 30.9 Å². The molecule has 4 heteroatoms. The molecule has 0 unspecified atom stereocenters. The number of hydrogen-bond acceptors (Lipinski definition) is 3. The van der Waals surface area contributed by atoms with Gasteiger partial charge < -0.3 is 0 Å². The Labute approximate surface area is 79.0 Å². The zero-order valence-electron chi connectivity index (χ0n) is 7.45. The first-order chi connectivity index (χ1) is 5.58. The molecule has 72 valence electrons. The third kappa shape index (κ3) is 4.36. The third-order valence-electron chi connectivity index (χ3n) is 2.11. The van der Waals surface area contributed by atoms with Gasteiger partial charge in [0.05, 0.1) is 5.75 Å². The molecule has 1 rings (SSSR count). The number of hydrogen-bond donors (Lipinski definition) is 0. The Hall–Kier alpha value is 0.300. The van der Waals surface area contributed by atoms with Gasteiger partial charge in [0.15, 0.2) is 0 Å². The monoisotopic (exact) mass is 208 g/mol. The molecule has 0 radical (unpaired) electrons. The molecule has 0 aromatic carbocycles. The second kappa shape index (κ2) is 4.51. The van der Waals surface area contributed by atoms with E-state index in [9.17, 15) is 8.42 Å². The van der Waals surface area contributed by atoms with E-state index in [1.807, 2.05) is 11.8 Å². The van der Waals surface area contributed by atoms with Crippen LogP contribution in [0.4, 0.5) is 0 Å². The van der Waals surface area contributed by atoms with Crippen molar-refractivity contribution in [3.8, 4) is 0 Å². The van der Waals surface area contributed by atoms with Gasteiger partial charge in [-0.1, -0.05) is 12.8 Å². The molecule has 1 aliphatic carbocycles. The minimum absolute atomic E-state index is 0.341. The van der Waals surface area contributed by atoms with E-state index in [-0.39, 0.29) is 0 Å². The molecule has 1 saturated carbocycles. The molecule has 0 atom stereocenters. The van der Waals surface area contributed by atoms with Gasteiger partial charge in [0.1, 0.15) is 9.84 Å². The summed E-state index contributed by atoms with van der Waals surface area (Å²) in [4.78, 5) is 0. The van der Waals surface area contributed by atoms with Gasteiger partial charge in [0, 0.05) is 17.3 Å². The van der Waals surface area contributed by atoms with E-state index >= 15 is 0 Å². The minimum Gasteiger partial charge on any atom is -0.229 e. The molecular formula is C8H16O2S2. The fourth-order valence-electron chi connectivity index (χ4n) is 1.42. The molecule has 1 aliphatic rings. The lowest BCUT2D eigenvalue weighted by molar-refractivity contribution is 0.603. The van der Waals surface area contributed by atoms with E-state index in [4.69, 9.17) is 0 Å². The average molecular weight is 208 g/mol. The average Bonchev–Trinajstić information content (AvgIpc) is 2.36. The molecule has 0 bridgehead atoms. The van der Waals surface area contributed by atoms with Gasteiger partial charge in [-0.05, 0) is 12.8 Å². The molecule has 12 heavy (non-hydrogen) atoms. The lowest BCUT2D eigenvalue weighted by atomic mass is 10.4. The number of sulfone groups is 1. The van der Waals surface area contributed by atoms with Gasteiger partial charge in [-0.15, -0.1) is 0 Å². The summed E-state index contributed by atoms with van der Waals surface area (Å²) in [6.07, 6.45) is 6.54. The van der Waals surface area contributed by atoms with Crippen LogP contribution in [0.5, 0.6) is 0 Å². The highest BCUT2D eigenvalue weighted by molar-refractivity contribution is 8.01. The lowest BCUT2D eigenvalue weighted by Crippen LogP contribution is -2.07. The molecule has 1 fully saturated rings. The Morgan fingerprint density at radius 1 is 1.33 bits per heavy atom. The largest absolute Gasteiger partial charge is 0.229 e. The summed E-state index contributed by atoms with van der Waals surface area (Å²) in [7, 11) is -2.74. The van der Waals surface area contributed by atoms with Crippen LogP contribution in [0.15, 0.2) is 0 Å². The quantitative estimate of drug-likeness (QED) is 0.705. The normalized spacial score (nSPS) is 20.1. The van der Waals surface area contributed by atoms with Crippen molar-refractivity contribution in [1.82, 2.24) is 0 Å². The second-order valence-corrected chi connectivity index (χ2v) is 7.08. The first-order valence-electron chi connectivity index (χ1n) is 4.37. The molecule has 0 spiro atoms. The van der Waals surface area contributed by atoms with Crippen LogP contribution in [-0.4, -0.2) is 31.4 Å². The molecule has 0 heterocycles. The van der Waals surface area contributed by atoms with E-state index in [2.05, 4.69) is 0 Å². The molecule has 0 N–H and O–H groups in total. The zero-order chi connectivity index (χ0) is 9.03. The van der Waals surface area contributed by atoms with Gasteiger partial charge in [0.25, 0.3) is 0 Å². The maximum absolute atomic E-state index is 10.8. The molecule has 0 aromatic rings. The summed E-state index contributed by atoms with van der Waals surface area (Å²) in [5.41, 5.74) is 0.